The Balaban J connectivity index is 1.37. The number of hydrogen-bond acceptors (Lipinski definition) is 6. The third kappa shape index (κ3) is 5.62. The maximum atomic E-state index is 9.85. The highest BCUT2D eigenvalue weighted by atomic mass is 16.3. The fourth-order valence-corrected chi connectivity index (χ4v) is 4.95. The summed E-state index contributed by atoms with van der Waals surface area (Å²) in [7, 11) is 0. The van der Waals surface area contributed by atoms with Crippen LogP contribution in [0.4, 0.5) is 0 Å². The minimum absolute atomic E-state index is 0.215. The van der Waals surface area contributed by atoms with E-state index in [2.05, 4.69) is 34.2 Å². The molecular formula is C37H25N5O. The Kier molecular flexibility index (Phi) is 6.91. The molecular weight excluding hydrogens is 530 g/mol. The third-order valence-electron chi connectivity index (χ3n) is 7.09. The van der Waals surface area contributed by atoms with E-state index < -0.39 is 0 Å². The van der Waals surface area contributed by atoms with Gasteiger partial charge in [0.2, 0.25) is 0 Å². The molecule has 0 radical (unpaired) electrons. The molecule has 5 heterocycles. The van der Waals surface area contributed by atoms with E-state index in [0.29, 0.717) is 11.4 Å². The summed E-state index contributed by atoms with van der Waals surface area (Å²) < 4.78 is 0. The van der Waals surface area contributed by atoms with Gasteiger partial charge in [-0.15, -0.1) is 0 Å². The van der Waals surface area contributed by atoms with Crippen molar-refractivity contribution in [2.24, 2.45) is 0 Å². The van der Waals surface area contributed by atoms with Gasteiger partial charge < -0.3 is 5.11 Å². The molecule has 0 atom stereocenters. The number of benzene rings is 2. The van der Waals surface area contributed by atoms with Gasteiger partial charge >= 0.3 is 0 Å². The van der Waals surface area contributed by atoms with Crippen LogP contribution in [0.25, 0.3) is 67.8 Å². The number of phenolic OH excluding ortho intramolecular Hbond substituents is 1. The first kappa shape index (κ1) is 25.9. The SMILES string of the molecule is Oc1ccc(-c2cc(-c3ccccn3)nc(-c3cccc(-c4cc(-c5ccccc5)cc(-c5ccccn5)n4)n3)c2)cc1. The average molecular weight is 556 g/mol. The second-order valence-corrected chi connectivity index (χ2v) is 10.0. The Labute approximate surface area is 249 Å². The van der Waals surface area contributed by atoms with Crippen molar-refractivity contribution < 1.29 is 5.11 Å². The largest absolute Gasteiger partial charge is 0.508 e. The molecule has 0 unspecified atom stereocenters. The maximum absolute atomic E-state index is 9.85. The maximum Gasteiger partial charge on any atom is 0.115 e. The first-order valence-electron chi connectivity index (χ1n) is 13.9. The zero-order valence-electron chi connectivity index (χ0n) is 23.0. The molecule has 0 bridgehead atoms. The predicted octanol–water partition coefficient (Wildman–Crippen LogP) is 8.37. The summed E-state index contributed by atoms with van der Waals surface area (Å²) >= 11 is 0. The zero-order valence-corrected chi connectivity index (χ0v) is 23.0. The van der Waals surface area contributed by atoms with Crippen molar-refractivity contribution >= 4 is 0 Å². The van der Waals surface area contributed by atoms with Crippen molar-refractivity contribution in [3.63, 3.8) is 0 Å². The van der Waals surface area contributed by atoms with Gasteiger partial charge in [-0.25, -0.2) is 15.0 Å². The second kappa shape index (κ2) is 11.5. The molecule has 0 fully saturated rings. The van der Waals surface area contributed by atoms with Gasteiger partial charge in [-0.05, 0) is 95.1 Å². The van der Waals surface area contributed by atoms with E-state index in [4.69, 9.17) is 15.0 Å². The fraction of sp³-hybridized carbons (Fsp3) is 0. The predicted molar refractivity (Wildman–Crippen MR) is 170 cm³/mol. The first-order valence-corrected chi connectivity index (χ1v) is 13.9. The molecule has 0 amide bonds. The van der Waals surface area contributed by atoms with Crippen LogP contribution in [0.5, 0.6) is 5.75 Å². The van der Waals surface area contributed by atoms with Crippen molar-refractivity contribution in [3.8, 4) is 73.6 Å². The summed E-state index contributed by atoms with van der Waals surface area (Å²) in [6.45, 7) is 0. The number of phenols is 1. The van der Waals surface area contributed by atoms with Gasteiger partial charge in [-0.3, -0.25) is 9.97 Å². The highest BCUT2D eigenvalue weighted by molar-refractivity contribution is 5.77. The molecule has 43 heavy (non-hydrogen) atoms. The van der Waals surface area contributed by atoms with Gasteiger partial charge in [0.1, 0.15) is 5.75 Å². The van der Waals surface area contributed by atoms with Crippen molar-refractivity contribution in [2.45, 2.75) is 0 Å². The summed E-state index contributed by atoms with van der Waals surface area (Å²) in [5.41, 5.74) is 9.95. The van der Waals surface area contributed by atoms with Crippen LogP contribution in [0.2, 0.25) is 0 Å². The van der Waals surface area contributed by atoms with Crippen LogP contribution in [0.3, 0.4) is 0 Å². The van der Waals surface area contributed by atoms with E-state index in [-0.39, 0.29) is 5.75 Å². The molecule has 0 aliphatic carbocycles. The van der Waals surface area contributed by atoms with Crippen LogP contribution >= 0.6 is 0 Å². The molecule has 7 aromatic rings. The van der Waals surface area contributed by atoms with Crippen LogP contribution in [0.1, 0.15) is 0 Å². The number of hydrogen-bond donors (Lipinski definition) is 1. The van der Waals surface area contributed by atoms with E-state index >= 15 is 0 Å². The molecule has 6 heteroatoms. The summed E-state index contributed by atoms with van der Waals surface area (Å²) in [5.74, 6) is 0.215. The van der Waals surface area contributed by atoms with Gasteiger partial charge in [0.05, 0.1) is 45.6 Å². The van der Waals surface area contributed by atoms with Gasteiger partial charge in [0.15, 0.2) is 0 Å². The lowest BCUT2D eigenvalue weighted by Crippen LogP contribution is -1.97. The molecule has 6 nitrogen and oxygen atoms in total. The molecule has 0 spiro atoms. The molecule has 204 valence electrons. The van der Waals surface area contributed by atoms with Crippen molar-refractivity contribution in [2.75, 3.05) is 0 Å². The van der Waals surface area contributed by atoms with Crippen molar-refractivity contribution in [3.05, 3.63) is 146 Å². The van der Waals surface area contributed by atoms with E-state index in [1.807, 2.05) is 97.1 Å². The Morgan fingerprint density at radius 3 is 1.23 bits per heavy atom. The molecule has 0 saturated heterocycles. The monoisotopic (exact) mass is 555 g/mol. The minimum atomic E-state index is 0.215. The highest BCUT2D eigenvalue weighted by Crippen LogP contribution is 2.32. The number of pyridine rings is 5. The quantitative estimate of drug-likeness (QED) is 0.222. The van der Waals surface area contributed by atoms with Crippen LogP contribution in [-0.2, 0) is 0 Å². The molecule has 0 aliphatic rings. The van der Waals surface area contributed by atoms with E-state index in [1.165, 1.54) is 0 Å². The summed E-state index contributed by atoms with van der Waals surface area (Å²) in [5, 5.41) is 9.85. The van der Waals surface area contributed by atoms with E-state index in [0.717, 1.165) is 56.4 Å². The second-order valence-electron chi connectivity index (χ2n) is 10.0. The van der Waals surface area contributed by atoms with Crippen LogP contribution in [-0.4, -0.2) is 30.0 Å². The van der Waals surface area contributed by atoms with Gasteiger partial charge in [0, 0.05) is 12.4 Å². The van der Waals surface area contributed by atoms with Crippen LogP contribution in [0, 0.1) is 0 Å². The molecule has 1 N–H and O–H groups in total. The Morgan fingerprint density at radius 2 is 0.744 bits per heavy atom. The van der Waals surface area contributed by atoms with Crippen LogP contribution < -0.4 is 0 Å². The number of aromatic nitrogens is 5. The molecule has 0 aliphatic heterocycles. The number of aromatic hydroxyl groups is 1. The normalized spacial score (nSPS) is 10.9. The molecule has 2 aromatic carbocycles. The lowest BCUT2D eigenvalue weighted by Gasteiger charge is -2.12. The zero-order chi connectivity index (χ0) is 29.0. The summed E-state index contributed by atoms with van der Waals surface area (Å²) in [6, 6.07) is 43.0. The topological polar surface area (TPSA) is 84.7 Å². The Hall–Kier alpha value is -6.01. The number of nitrogens with zero attached hydrogens (tertiary/aromatic N) is 5. The molecule has 7 rings (SSSR count). The Bertz CT molecular complexity index is 1960. The van der Waals surface area contributed by atoms with Crippen molar-refractivity contribution in [1.29, 1.82) is 0 Å². The molecule has 0 saturated carbocycles. The van der Waals surface area contributed by atoms with E-state index in [1.54, 1.807) is 24.5 Å². The third-order valence-corrected chi connectivity index (χ3v) is 7.09. The van der Waals surface area contributed by atoms with Gasteiger partial charge in [-0.2, -0.15) is 0 Å². The van der Waals surface area contributed by atoms with Crippen molar-refractivity contribution in [1.82, 2.24) is 24.9 Å². The fourth-order valence-electron chi connectivity index (χ4n) is 4.95. The summed E-state index contributed by atoms with van der Waals surface area (Å²) in [6.07, 6.45) is 3.53. The Morgan fingerprint density at radius 1 is 0.326 bits per heavy atom. The van der Waals surface area contributed by atoms with E-state index in [9.17, 15) is 5.11 Å². The highest BCUT2D eigenvalue weighted by Gasteiger charge is 2.14. The first-order chi connectivity index (χ1) is 21.2. The minimum Gasteiger partial charge on any atom is -0.508 e. The lowest BCUT2D eigenvalue weighted by molar-refractivity contribution is 0.475. The van der Waals surface area contributed by atoms with Gasteiger partial charge in [0.25, 0.3) is 0 Å². The average Bonchev–Trinajstić information content (AvgIpc) is 3.09. The standard InChI is InChI=1S/C37H25N5O/c43-29-17-15-26(16-18-29)28-22-35(31-12-5-7-20-39-31)42-37(24-28)33-14-8-13-32(40-33)36-23-27(25-9-2-1-3-10-25)21-34(41-36)30-11-4-6-19-38-30/h1-24,43H. The number of rotatable bonds is 6. The van der Waals surface area contributed by atoms with Gasteiger partial charge in [-0.1, -0.05) is 60.7 Å². The summed E-state index contributed by atoms with van der Waals surface area (Å²) in [4.78, 5) is 24.1. The smallest absolute Gasteiger partial charge is 0.115 e. The van der Waals surface area contributed by atoms with Crippen LogP contribution in [0.15, 0.2) is 146 Å². The molecule has 5 aromatic heterocycles. The lowest BCUT2D eigenvalue weighted by atomic mass is 10.0.